The van der Waals surface area contributed by atoms with Crippen LogP contribution < -0.4 is 5.73 Å². The van der Waals surface area contributed by atoms with Gasteiger partial charge >= 0.3 is 0 Å². The first-order chi connectivity index (χ1) is 8.07. The molecular weight excluding hydrogens is 217 g/mol. The van der Waals surface area contributed by atoms with Gasteiger partial charge in [-0.1, -0.05) is 25.1 Å². The number of hydrogen-bond acceptors (Lipinski definition) is 1. The molecule has 1 aromatic carbocycles. The highest BCUT2D eigenvalue weighted by Crippen LogP contribution is 2.21. The van der Waals surface area contributed by atoms with Gasteiger partial charge in [0.05, 0.1) is 6.04 Å². The van der Waals surface area contributed by atoms with Crippen molar-refractivity contribution in [2.75, 3.05) is 13.6 Å². The summed E-state index contributed by atoms with van der Waals surface area (Å²) in [7, 11) is 1.82. The van der Waals surface area contributed by atoms with Gasteiger partial charge in [-0.25, -0.2) is 4.39 Å². The van der Waals surface area contributed by atoms with E-state index in [1.807, 2.05) is 27.0 Å². The summed E-state index contributed by atoms with van der Waals surface area (Å²) in [6.07, 6.45) is 0.947. The maximum atomic E-state index is 13.6. The van der Waals surface area contributed by atoms with Gasteiger partial charge in [0, 0.05) is 19.2 Å². The number of nitrogens with two attached hydrogens (primary N) is 1. The van der Waals surface area contributed by atoms with Crippen LogP contribution in [0, 0.1) is 5.82 Å². The molecule has 1 aromatic rings. The molecule has 1 rings (SSSR count). The van der Waals surface area contributed by atoms with Crippen LogP contribution in [0.1, 0.15) is 31.9 Å². The average molecular weight is 237 g/mol. The van der Waals surface area contributed by atoms with E-state index in [9.17, 15) is 4.39 Å². The molecule has 2 N–H and O–H groups in total. The minimum atomic E-state index is -0.213. The zero-order chi connectivity index (χ0) is 12.8. The zero-order valence-electron chi connectivity index (χ0n) is 10.7. The van der Waals surface area contributed by atoms with Gasteiger partial charge in [0.15, 0.2) is 5.96 Å². The molecular formula is C13H20FN3. The molecule has 0 saturated carbocycles. The van der Waals surface area contributed by atoms with Gasteiger partial charge in [-0.05, 0) is 19.4 Å². The van der Waals surface area contributed by atoms with Crippen molar-refractivity contribution in [3.8, 4) is 0 Å². The molecule has 0 bridgehead atoms. The van der Waals surface area contributed by atoms with Crippen molar-refractivity contribution >= 4 is 5.96 Å². The second-order valence-corrected chi connectivity index (χ2v) is 4.05. The van der Waals surface area contributed by atoms with Crippen LogP contribution in [0.2, 0.25) is 0 Å². The molecule has 0 saturated heterocycles. The number of aliphatic imine (C=N–C) groups is 1. The van der Waals surface area contributed by atoms with Crippen molar-refractivity contribution in [1.29, 1.82) is 0 Å². The van der Waals surface area contributed by atoms with E-state index >= 15 is 0 Å². The van der Waals surface area contributed by atoms with Crippen LogP contribution in [0.4, 0.5) is 4.39 Å². The molecule has 0 aliphatic carbocycles. The van der Waals surface area contributed by atoms with E-state index in [0.29, 0.717) is 18.1 Å². The fourth-order valence-electron chi connectivity index (χ4n) is 1.56. The Labute approximate surface area is 102 Å². The Balaban J connectivity index is 2.83. The van der Waals surface area contributed by atoms with Crippen molar-refractivity contribution in [1.82, 2.24) is 4.90 Å². The first kappa shape index (κ1) is 13.5. The first-order valence-corrected chi connectivity index (χ1v) is 5.85. The predicted octanol–water partition coefficient (Wildman–Crippen LogP) is 2.54. The lowest BCUT2D eigenvalue weighted by molar-refractivity contribution is 0.383. The maximum Gasteiger partial charge on any atom is 0.191 e. The van der Waals surface area contributed by atoms with E-state index in [1.54, 1.807) is 17.0 Å². The summed E-state index contributed by atoms with van der Waals surface area (Å²) in [5, 5.41) is 0. The van der Waals surface area contributed by atoms with Crippen molar-refractivity contribution in [2.45, 2.75) is 26.3 Å². The van der Waals surface area contributed by atoms with Crippen molar-refractivity contribution in [3.05, 3.63) is 35.6 Å². The molecule has 0 aliphatic rings. The van der Waals surface area contributed by atoms with Crippen molar-refractivity contribution < 1.29 is 4.39 Å². The minimum Gasteiger partial charge on any atom is -0.370 e. The van der Waals surface area contributed by atoms with Gasteiger partial charge in [-0.15, -0.1) is 0 Å². The Morgan fingerprint density at radius 1 is 1.47 bits per heavy atom. The lowest BCUT2D eigenvalue weighted by Crippen LogP contribution is -2.36. The van der Waals surface area contributed by atoms with Gasteiger partial charge < -0.3 is 10.6 Å². The number of guanidine groups is 1. The van der Waals surface area contributed by atoms with Gasteiger partial charge in [-0.3, -0.25) is 4.99 Å². The third-order valence-corrected chi connectivity index (χ3v) is 2.80. The number of benzene rings is 1. The first-order valence-electron chi connectivity index (χ1n) is 5.85. The van der Waals surface area contributed by atoms with E-state index in [0.717, 1.165) is 6.42 Å². The van der Waals surface area contributed by atoms with Crippen LogP contribution in [-0.2, 0) is 0 Å². The standard InChI is InChI=1S/C13H20FN3/c1-4-9-16-13(15)17(3)10(2)11-7-5-6-8-12(11)14/h5-8,10H,4,9H2,1-3H3,(H2,15,16). The quantitative estimate of drug-likeness (QED) is 0.646. The van der Waals surface area contributed by atoms with Crippen LogP contribution in [-0.4, -0.2) is 24.5 Å². The summed E-state index contributed by atoms with van der Waals surface area (Å²) in [5.74, 6) is 0.234. The van der Waals surface area contributed by atoms with Gasteiger partial charge in [-0.2, -0.15) is 0 Å². The molecule has 1 atom stereocenters. The summed E-state index contributed by atoms with van der Waals surface area (Å²) < 4.78 is 13.6. The monoisotopic (exact) mass is 237 g/mol. The van der Waals surface area contributed by atoms with Gasteiger partial charge in [0.1, 0.15) is 5.82 Å². The number of nitrogens with zero attached hydrogens (tertiary/aromatic N) is 2. The molecule has 0 aliphatic heterocycles. The molecule has 0 heterocycles. The third kappa shape index (κ3) is 3.44. The Morgan fingerprint density at radius 3 is 2.71 bits per heavy atom. The highest BCUT2D eigenvalue weighted by Gasteiger charge is 2.16. The van der Waals surface area contributed by atoms with E-state index in [2.05, 4.69) is 4.99 Å². The van der Waals surface area contributed by atoms with Gasteiger partial charge in [0.25, 0.3) is 0 Å². The third-order valence-electron chi connectivity index (χ3n) is 2.80. The molecule has 0 fully saturated rings. The van der Waals surface area contributed by atoms with E-state index in [-0.39, 0.29) is 11.9 Å². The molecule has 0 spiro atoms. The molecule has 4 heteroatoms. The van der Waals surface area contributed by atoms with E-state index in [1.165, 1.54) is 6.07 Å². The minimum absolute atomic E-state index is 0.128. The molecule has 3 nitrogen and oxygen atoms in total. The Hall–Kier alpha value is -1.58. The Morgan fingerprint density at radius 2 is 2.12 bits per heavy atom. The molecule has 0 aromatic heterocycles. The van der Waals surface area contributed by atoms with Crippen molar-refractivity contribution in [3.63, 3.8) is 0 Å². The summed E-state index contributed by atoms with van der Waals surface area (Å²) in [5.41, 5.74) is 6.47. The molecule has 17 heavy (non-hydrogen) atoms. The fraction of sp³-hybridized carbons (Fsp3) is 0.462. The largest absolute Gasteiger partial charge is 0.370 e. The summed E-state index contributed by atoms with van der Waals surface area (Å²) in [6, 6.07) is 6.60. The molecule has 0 amide bonds. The Bertz CT molecular complexity index is 390. The number of rotatable bonds is 4. The predicted molar refractivity (Wildman–Crippen MR) is 69.4 cm³/mol. The summed E-state index contributed by atoms with van der Waals surface area (Å²) in [4.78, 5) is 6.00. The molecule has 1 unspecified atom stereocenters. The maximum absolute atomic E-state index is 13.6. The Kier molecular flexibility index (Phi) is 4.94. The average Bonchev–Trinajstić information content (AvgIpc) is 2.34. The van der Waals surface area contributed by atoms with Crippen LogP contribution in [0.3, 0.4) is 0 Å². The van der Waals surface area contributed by atoms with Crippen molar-refractivity contribution in [2.24, 2.45) is 10.7 Å². The lowest BCUT2D eigenvalue weighted by atomic mass is 10.1. The van der Waals surface area contributed by atoms with E-state index < -0.39 is 0 Å². The summed E-state index contributed by atoms with van der Waals surface area (Å²) in [6.45, 7) is 4.64. The van der Waals surface area contributed by atoms with Crippen LogP contribution in [0.5, 0.6) is 0 Å². The molecule has 0 radical (unpaired) electrons. The lowest BCUT2D eigenvalue weighted by Gasteiger charge is -2.26. The van der Waals surface area contributed by atoms with Crippen LogP contribution >= 0.6 is 0 Å². The van der Waals surface area contributed by atoms with Crippen LogP contribution in [0.25, 0.3) is 0 Å². The summed E-state index contributed by atoms with van der Waals surface area (Å²) >= 11 is 0. The molecule has 94 valence electrons. The fourth-order valence-corrected chi connectivity index (χ4v) is 1.56. The number of halogens is 1. The normalized spacial score (nSPS) is 13.5. The van der Waals surface area contributed by atoms with Crippen LogP contribution in [0.15, 0.2) is 29.3 Å². The van der Waals surface area contributed by atoms with E-state index in [4.69, 9.17) is 5.73 Å². The highest BCUT2D eigenvalue weighted by molar-refractivity contribution is 5.78. The second kappa shape index (κ2) is 6.23. The second-order valence-electron chi connectivity index (χ2n) is 4.05. The smallest absolute Gasteiger partial charge is 0.191 e. The SMILES string of the molecule is CCCN=C(N)N(C)C(C)c1ccccc1F. The zero-order valence-corrected chi connectivity index (χ0v) is 10.7. The highest BCUT2D eigenvalue weighted by atomic mass is 19.1. The topological polar surface area (TPSA) is 41.6 Å². The number of hydrogen-bond donors (Lipinski definition) is 1. The van der Waals surface area contributed by atoms with Gasteiger partial charge in [0.2, 0.25) is 0 Å².